The summed E-state index contributed by atoms with van der Waals surface area (Å²) < 4.78 is 30.6. The van der Waals surface area contributed by atoms with Crippen LogP contribution < -0.4 is 10.1 Å². The lowest BCUT2D eigenvalue weighted by molar-refractivity contribution is -0.119. The van der Waals surface area contributed by atoms with Crippen LogP contribution in [0.1, 0.15) is 37.6 Å². The van der Waals surface area contributed by atoms with Crippen LogP contribution in [0.25, 0.3) is 11.0 Å². The van der Waals surface area contributed by atoms with Gasteiger partial charge in [0.2, 0.25) is 5.91 Å². The molecule has 0 aliphatic rings. The summed E-state index contributed by atoms with van der Waals surface area (Å²) in [5, 5.41) is 11.9. The first-order valence-corrected chi connectivity index (χ1v) is 10.6. The molecule has 9 heteroatoms. The molecule has 0 saturated carbocycles. The van der Waals surface area contributed by atoms with Gasteiger partial charge in [-0.3, -0.25) is 4.79 Å². The van der Waals surface area contributed by atoms with E-state index in [4.69, 9.17) is 13.6 Å². The fourth-order valence-corrected chi connectivity index (χ4v) is 3.50. The van der Waals surface area contributed by atoms with Crippen LogP contribution in [-0.4, -0.2) is 21.9 Å². The number of halogens is 1. The van der Waals surface area contributed by atoms with E-state index in [1.807, 2.05) is 37.3 Å². The predicted octanol–water partition coefficient (Wildman–Crippen LogP) is 5.06. The van der Waals surface area contributed by atoms with E-state index in [0.29, 0.717) is 5.76 Å². The van der Waals surface area contributed by atoms with Crippen LogP contribution in [0.5, 0.6) is 5.75 Å². The molecule has 31 heavy (non-hydrogen) atoms. The predicted molar refractivity (Wildman–Crippen MR) is 113 cm³/mol. The molecule has 0 fully saturated rings. The van der Waals surface area contributed by atoms with Crippen molar-refractivity contribution in [1.82, 2.24) is 15.5 Å². The smallest absolute Gasteiger partial charge is 0.277 e. The second-order valence-corrected chi connectivity index (χ2v) is 7.79. The average molecular weight is 441 g/mol. The number of fused-ring (bicyclic) bond motifs is 1. The number of para-hydroxylation sites is 2. The summed E-state index contributed by atoms with van der Waals surface area (Å²) in [6, 6.07) is 15.4. The van der Waals surface area contributed by atoms with Gasteiger partial charge in [0.15, 0.2) is 17.7 Å². The molecule has 1 N–H and O–H groups in total. The number of carbonyl (C=O) groups is 1. The standard InChI is InChI=1S/C22H20FN3O4S/c1-13(19-11-15-7-3-5-9-17(15)29-19)24-20(27)12-31-22-26-25-21(30-22)14(2)28-18-10-6-4-8-16(18)23/h3-11,13-14H,12H2,1-2H3,(H,24,27)/t13-,14+/m1/s1. The molecule has 2 atom stereocenters. The molecule has 0 radical (unpaired) electrons. The summed E-state index contributed by atoms with van der Waals surface area (Å²) in [6.07, 6.45) is -0.638. The van der Waals surface area contributed by atoms with Gasteiger partial charge >= 0.3 is 0 Å². The number of amides is 1. The minimum Gasteiger partial charge on any atom is -0.478 e. The monoisotopic (exact) mass is 441 g/mol. The van der Waals surface area contributed by atoms with E-state index in [1.165, 1.54) is 12.1 Å². The highest BCUT2D eigenvalue weighted by atomic mass is 32.2. The van der Waals surface area contributed by atoms with Crippen molar-refractivity contribution in [1.29, 1.82) is 0 Å². The van der Waals surface area contributed by atoms with Crippen LogP contribution in [0.2, 0.25) is 0 Å². The minimum atomic E-state index is -0.638. The van der Waals surface area contributed by atoms with E-state index in [9.17, 15) is 9.18 Å². The summed E-state index contributed by atoms with van der Waals surface area (Å²) in [5.74, 6) is 0.392. The fraction of sp³-hybridized carbons (Fsp3) is 0.227. The molecule has 2 heterocycles. The molecule has 4 aromatic rings. The van der Waals surface area contributed by atoms with Crippen molar-refractivity contribution in [2.45, 2.75) is 31.2 Å². The first-order valence-electron chi connectivity index (χ1n) is 9.65. The molecule has 0 aliphatic heterocycles. The van der Waals surface area contributed by atoms with Crippen LogP contribution in [-0.2, 0) is 4.79 Å². The zero-order valence-corrected chi connectivity index (χ0v) is 17.7. The molecule has 7 nitrogen and oxygen atoms in total. The fourth-order valence-electron chi connectivity index (χ4n) is 2.92. The first kappa shape index (κ1) is 20.9. The molecule has 1 amide bonds. The van der Waals surface area contributed by atoms with Crippen molar-refractivity contribution in [3.63, 3.8) is 0 Å². The van der Waals surface area contributed by atoms with Gasteiger partial charge in [-0.2, -0.15) is 0 Å². The molecule has 4 rings (SSSR count). The maximum Gasteiger partial charge on any atom is 0.277 e. The largest absolute Gasteiger partial charge is 0.478 e. The number of carbonyl (C=O) groups excluding carboxylic acids is 1. The zero-order valence-electron chi connectivity index (χ0n) is 16.9. The Balaban J connectivity index is 1.29. The van der Waals surface area contributed by atoms with Crippen molar-refractivity contribution in [3.05, 3.63) is 72.1 Å². The van der Waals surface area contributed by atoms with E-state index >= 15 is 0 Å². The van der Waals surface area contributed by atoms with Gasteiger partial charge < -0.3 is 18.9 Å². The lowest BCUT2D eigenvalue weighted by Crippen LogP contribution is -2.27. The number of hydrogen-bond acceptors (Lipinski definition) is 7. The molecule has 160 valence electrons. The van der Waals surface area contributed by atoms with Gasteiger partial charge in [-0.1, -0.05) is 42.1 Å². The number of benzene rings is 2. The van der Waals surface area contributed by atoms with Gasteiger partial charge in [-0.15, -0.1) is 10.2 Å². The number of ether oxygens (including phenoxy) is 1. The molecule has 0 aliphatic carbocycles. The molecule has 2 aromatic heterocycles. The SMILES string of the molecule is C[C@H](Oc1ccccc1F)c1nnc(SCC(=O)N[C@H](C)c2cc3ccccc3o2)o1. The van der Waals surface area contributed by atoms with Crippen molar-refractivity contribution >= 4 is 28.6 Å². The van der Waals surface area contributed by atoms with Crippen LogP contribution in [0.15, 0.2) is 68.7 Å². The molecule has 0 spiro atoms. The number of hydrogen-bond donors (Lipinski definition) is 1. The lowest BCUT2D eigenvalue weighted by atomic mass is 10.2. The minimum absolute atomic E-state index is 0.0920. The molecule has 2 aromatic carbocycles. The van der Waals surface area contributed by atoms with Crippen LogP contribution in [0.4, 0.5) is 4.39 Å². The number of thioether (sulfide) groups is 1. The van der Waals surface area contributed by atoms with Crippen molar-refractivity contribution in [2.24, 2.45) is 0 Å². The van der Waals surface area contributed by atoms with E-state index < -0.39 is 11.9 Å². The number of aromatic nitrogens is 2. The number of furan rings is 1. The Morgan fingerprint density at radius 1 is 1.13 bits per heavy atom. The van der Waals surface area contributed by atoms with Crippen molar-refractivity contribution in [2.75, 3.05) is 5.75 Å². The first-order chi connectivity index (χ1) is 15.0. The Labute approximate surface area is 182 Å². The molecular formula is C22H20FN3O4S. The summed E-state index contributed by atoms with van der Waals surface area (Å²) in [7, 11) is 0. The number of nitrogens with zero attached hydrogens (tertiary/aromatic N) is 2. The Morgan fingerprint density at radius 3 is 2.71 bits per heavy atom. The number of nitrogens with one attached hydrogen (secondary N) is 1. The summed E-state index contributed by atoms with van der Waals surface area (Å²) in [4.78, 5) is 12.3. The van der Waals surface area contributed by atoms with Gasteiger partial charge in [0.25, 0.3) is 11.1 Å². The molecule has 0 unspecified atom stereocenters. The molecule has 0 bridgehead atoms. The van der Waals surface area contributed by atoms with Gasteiger partial charge in [0, 0.05) is 5.39 Å². The zero-order chi connectivity index (χ0) is 21.8. The Bertz CT molecular complexity index is 1160. The van der Waals surface area contributed by atoms with Crippen LogP contribution in [0.3, 0.4) is 0 Å². The Kier molecular flexibility index (Phi) is 6.22. The third kappa shape index (κ3) is 5.05. The second-order valence-electron chi connectivity index (χ2n) is 6.86. The number of rotatable bonds is 8. The topological polar surface area (TPSA) is 90.4 Å². The Hall–Kier alpha value is -3.33. The van der Waals surface area contributed by atoms with E-state index in [0.717, 1.165) is 22.7 Å². The average Bonchev–Trinajstić information content (AvgIpc) is 3.41. The van der Waals surface area contributed by atoms with Gasteiger partial charge in [-0.25, -0.2) is 4.39 Å². The summed E-state index contributed by atoms with van der Waals surface area (Å²) in [5.41, 5.74) is 0.776. The van der Waals surface area contributed by atoms with Gasteiger partial charge in [-0.05, 0) is 38.1 Å². The van der Waals surface area contributed by atoms with Crippen molar-refractivity contribution in [3.8, 4) is 5.75 Å². The maximum absolute atomic E-state index is 13.7. The summed E-state index contributed by atoms with van der Waals surface area (Å²) in [6.45, 7) is 3.53. The maximum atomic E-state index is 13.7. The molecule has 0 saturated heterocycles. The highest BCUT2D eigenvalue weighted by molar-refractivity contribution is 7.99. The van der Waals surface area contributed by atoms with Crippen LogP contribution >= 0.6 is 11.8 Å². The summed E-state index contributed by atoms with van der Waals surface area (Å²) >= 11 is 1.11. The normalized spacial score (nSPS) is 13.1. The quantitative estimate of drug-likeness (QED) is 0.382. The lowest BCUT2D eigenvalue weighted by Gasteiger charge is -2.11. The van der Waals surface area contributed by atoms with Gasteiger partial charge in [0.1, 0.15) is 11.3 Å². The van der Waals surface area contributed by atoms with Crippen molar-refractivity contribution < 1.29 is 22.8 Å². The highest BCUT2D eigenvalue weighted by Crippen LogP contribution is 2.26. The van der Waals surface area contributed by atoms with Crippen LogP contribution in [0, 0.1) is 5.82 Å². The van der Waals surface area contributed by atoms with E-state index in [-0.39, 0.29) is 34.6 Å². The third-order valence-corrected chi connectivity index (χ3v) is 5.30. The molecular weight excluding hydrogens is 421 g/mol. The van der Waals surface area contributed by atoms with E-state index in [2.05, 4.69) is 15.5 Å². The third-order valence-electron chi connectivity index (χ3n) is 4.49. The Morgan fingerprint density at radius 2 is 1.90 bits per heavy atom. The van der Waals surface area contributed by atoms with E-state index in [1.54, 1.807) is 19.1 Å². The second kappa shape index (κ2) is 9.22. The highest BCUT2D eigenvalue weighted by Gasteiger charge is 2.19. The van der Waals surface area contributed by atoms with Gasteiger partial charge in [0.05, 0.1) is 11.8 Å².